The van der Waals surface area contributed by atoms with E-state index in [0.29, 0.717) is 0 Å². The molecule has 0 nitrogen and oxygen atoms in total. The molecule has 0 heteroatoms. The minimum Gasteiger partial charge on any atom is -0.0785 e. The molecule has 0 aliphatic rings. The molecule has 0 heterocycles. The summed E-state index contributed by atoms with van der Waals surface area (Å²) in [6.07, 6.45) is 4.63. The van der Waals surface area contributed by atoms with E-state index in [1.807, 2.05) is 0 Å². The maximum Gasteiger partial charge on any atom is -0.0102 e. The van der Waals surface area contributed by atoms with Crippen molar-refractivity contribution < 1.29 is 0 Å². The quantitative estimate of drug-likeness (QED) is 0.412. The summed E-state index contributed by atoms with van der Waals surface area (Å²) in [5, 5.41) is 5.44. The van der Waals surface area contributed by atoms with E-state index < -0.39 is 0 Å². The highest BCUT2D eigenvalue weighted by atomic mass is 14.3. The summed E-state index contributed by atoms with van der Waals surface area (Å²) in [6, 6.07) is 17.7. The summed E-state index contributed by atoms with van der Waals surface area (Å²) in [5.74, 6) is 0. The molecule has 0 aromatic heterocycles. The highest BCUT2D eigenvalue weighted by Crippen LogP contribution is 2.40. The van der Waals surface area contributed by atoms with E-state index in [-0.39, 0.29) is 10.8 Å². The first-order valence-electron chi connectivity index (χ1n) is 8.82. The van der Waals surface area contributed by atoms with Crippen molar-refractivity contribution >= 4 is 27.6 Å². The molecule has 24 heavy (non-hydrogen) atoms. The van der Waals surface area contributed by atoms with Crippen LogP contribution >= 0.6 is 0 Å². The second-order valence-corrected chi connectivity index (χ2v) is 8.83. The summed E-state index contributed by atoms with van der Waals surface area (Å²) in [5.41, 5.74) is 3.06. The molecule has 0 bridgehead atoms. The minimum absolute atomic E-state index is 0.103. The summed E-state index contributed by atoms with van der Waals surface area (Å²) < 4.78 is 0. The topological polar surface area (TPSA) is 0 Å². The molecule has 0 saturated carbocycles. The molecule has 3 rings (SSSR count). The fraction of sp³-hybridized carbons (Fsp3) is 0.333. The number of allylic oxidation sites excluding steroid dienone is 1. The predicted octanol–water partition coefficient (Wildman–Crippen LogP) is 7.35. The Morgan fingerprint density at radius 2 is 1.04 bits per heavy atom. The van der Waals surface area contributed by atoms with Crippen LogP contribution in [0.3, 0.4) is 0 Å². The lowest BCUT2D eigenvalue weighted by Gasteiger charge is -2.25. The van der Waals surface area contributed by atoms with Crippen molar-refractivity contribution in [1.29, 1.82) is 0 Å². The van der Waals surface area contributed by atoms with Crippen molar-refractivity contribution in [3.8, 4) is 0 Å². The Kier molecular flexibility index (Phi) is 4.03. The van der Waals surface area contributed by atoms with Gasteiger partial charge in [-0.25, -0.2) is 0 Å². The lowest BCUT2D eigenvalue weighted by Crippen LogP contribution is -2.13. The van der Waals surface area contributed by atoms with Crippen LogP contribution in [0.2, 0.25) is 0 Å². The van der Waals surface area contributed by atoms with Gasteiger partial charge < -0.3 is 0 Å². The first kappa shape index (κ1) is 16.8. The van der Waals surface area contributed by atoms with Crippen molar-refractivity contribution in [1.82, 2.24) is 0 Å². The third-order valence-electron chi connectivity index (χ3n) is 4.47. The Morgan fingerprint density at radius 3 is 1.42 bits per heavy atom. The first-order chi connectivity index (χ1) is 11.2. The zero-order chi connectivity index (χ0) is 17.5. The van der Waals surface area contributed by atoms with Gasteiger partial charge in [-0.15, -0.1) is 0 Å². The minimum atomic E-state index is 0.103. The largest absolute Gasteiger partial charge is 0.0785 e. The molecule has 3 aromatic carbocycles. The Hall–Kier alpha value is -2.08. The first-order valence-corrected chi connectivity index (χ1v) is 8.82. The molecular formula is C24H28. The van der Waals surface area contributed by atoms with Crippen LogP contribution in [0, 0.1) is 5.41 Å². The van der Waals surface area contributed by atoms with Gasteiger partial charge >= 0.3 is 0 Å². The lowest BCUT2D eigenvalue weighted by molar-refractivity contribution is 0.547. The van der Waals surface area contributed by atoms with Gasteiger partial charge in [0.05, 0.1) is 0 Å². The number of rotatable bonds is 1. The molecule has 0 atom stereocenters. The van der Waals surface area contributed by atoms with E-state index in [0.717, 1.165) is 0 Å². The van der Waals surface area contributed by atoms with Gasteiger partial charge in [-0.05, 0) is 43.5 Å². The average Bonchev–Trinajstić information content (AvgIpc) is 2.49. The molecule has 0 aliphatic carbocycles. The van der Waals surface area contributed by atoms with Gasteiger partial charge in [-0.1, -0.05) is 102 Å². The van der Waals surface area contributed by atoms with Crippen LogP contribution in [0.1, 0.15) is 52.7 Å². The van der Waals surface area contributed by atoms with Crippen molar-refractivity contribution in [3.05, 3.63) is 65.7 Å². The maximum atomic E-state index is 2.32. The van der Waals surface area contributed by atoms with Crippen LogP contribution in [0.25, 0.3) is 27.6 Å². The standard InChI is InChI=1S/C24H28/c1-23(2,3)16-15-19-17-11-7-9-13-20(17)22(24(4,5)6)21-14-10-8-12-18(19)21/h7-16H,1-6H3. The van der Waals surface area contributed by atoms with Crippen LogP contribution in [0.5, 0.6) is 0 Å². The molecule has 0 fully saturated rings. The Balaban J connectivity index is 2.50. The average molecular weight is 316 g/mol. The maximum absolute atomic E-state index is 2.32. The highest BCUT2D eigenvalue weighted by molar-refractivity contribution is 6.10. The zero-order valence-electron chi connectivity index (χ0n) is 15.8. The van der Waals surface area contributed by atoms with Gasteiger partial charge in [0, 0.05) is 0 Å². The lowest BCUT2D eigenvalue weighted by atomic mass is 9.78. The van der Waals surface area contributed by atoms with Crippen LogP contribution in [-0.2, 0) is 5.41 Å². The van der Waals surface area contributed by atoms with Crippen LogP contribution < -0.4 is 0 Å². The second-order valence-electron chi connectivity index (χ2n) is 8.83. The van der Waals surface area contributed by atoms with E-state index in [1.54, 1.807) is 0 Å². The predicted molar refractivity (Wildman–Crippen MR) is 109 cm³/mol. The third kappa shape index (κ3) is 3.11. The van der Waals surface area contributed by atoms with Gasteiger partial charge in [0.15, 0.2) is 0 Å². The van der Waals surface area contributed by atoms with Gasteiger partial charge in [0.2, 0.25) is 0 Å². The van der Waals surface area contributed by atoms with E-state index in [9.17, 15) is 0 Å². The fourth-order valence-corrected chi connectivity index (χ4v) is 3.48. The van der Waals surface area contributed by atoms with Crippen molar-refractivity contribution in [3.63, 3.8) is 0 Å². The summed E-state index contributed by atoms with van der Waals surface area (Å²) in [7, 11) is 0. The van der Waals surface area contributed by atoms with E-state index in [1.165, 1.54) is 32.7 Å². The van der Waals surface area contributed by atoms with Crippen LogP contribution in [-0.4, -0.2) is 0 Å². The smallest absolute Gasteiger partial charge is 0.0102 e. The molecular weight excluding hydrogens is 288 g/mol. The number of benzene rings is 3. The third-order valence-corrected chi connectivity index (χ3v) is 4.47. The van der Waals surface area contributed by atoms with E-state index >= 15 is 0 Å². The molecule has 0 saturated heterocycles. The molecule has 0 spiro atoms. The number of hydrogen-bond acceptors (Lipinski definition) is 0. The summed E-state index contributed by atoms with van der Waals surface area (Å²) in [4.78, 5) is 0. The molecule has 0 unspecified atom stereocenters. The molecule has 124 valence electrons. The summed E-state index contributed by atoms with van der Waals surface area (Å²) in [6.45, 7) is 13.7. The van der Waals surface area contributed by atoms with Gasteiger partial charge in [0.1, 0.15) is 0 Å². The van der Waals surface area contributed by atoms with Gasteiger partial charge in [-0.3, -0.25) is 0 Å². The number of fused-ring (bicyclic) bond motifs is 2. The SMILES string of the molecule is CC(C)(C)C=Cc1c2ccccc2c(C(C)(C)C)c2ccccc12. The second kappa shape index (κ2) is 5.77. The van der Waals surface area contributed by atoms with Crippen LogP contribution in [0.4, 0.5) is 0 Å². The zero-order valence-corrected chi connectivity index (χ0v) is 15.8. The molecule has 3 aromatic rings. The van der Waals surface area contributed by atoms with E-state index in [4.69, 9.17) is 0 Å². The number of hydrogen-bond donors (Lipinski definition) is 0. The van der Waals surface area contributed by atoms with Gasteiger partial charge in [0.25, 0.3) is 0 Å². The highest BCUT2D eigenvalue weighted by Gasteiger charge is 2.22. The van der Waals surface area contributed by atoms with Crippen molar-refractivity contribution in [2.24, 2.45) is 5.41 Å². The van der Waals surface area contributed by atoms with Crippen molar-refractivity contribution in [2.75, 3.05) is 0 Å². The van der Waals surface area contributed by atoms with Crippen molar-refractivity contribution in [2.45, 2.75) is 47.0 Å². The molecule has 0 radical (unpaired) electrons. The normalized spacial score (nSPS) is 13.2. The molecule has 0 amide bonds. The fourth-order valence-electron chi connectivity index (χ4n) is 3.48. The van der Waals surface area contributed by atoms with E-state index in [2.05, 4.69) is 102 Å². The Morgan fingerprint density at radius 1 is 0.625 bits per heavy atom. The molecule has 0 aliphatic heterocycles. The Labute approximate surface area is 146 Å². The molecule has 0 N–H and O–H groups in total. The van der Waals surface area contributed by atoms with Crippen LogP contribution in [0.15, 0.2) is 54.6 Å². The summed E-state index contributed by atoms with van der Waals surface area (Å²) >= 11 is 0. The Bertz CT molecular complexity index is 855. The van der Waals surface area contributed by atoms with Gasteiger partial charge in [-0.2, -0.15) is 0 Å². The monoisotopic (exact) mass is 316 g/mol.